The van der Waals surface area contributed by atoms with Gasteiger partial charge in [0, 0.05) is 41.4 Å². The van der Waals surface area contributed by atoms with Gasteiger partial charge in [-0.1, -0.05) is 54.1 Å². The number of piperidine rings is 1. The third-order valence-electron chi connectivity index (χ3n) is 6.21. The quantitative estimate of drug-likeness (QED) is 0.355. The number of alkyl halides is 2. The van der Waals surface area contributed by atoms with Gasteiger partial charge in [-0.3, -0.25) is 4.90 Å². The lowest BCUT2D eigenvalue weighted by molar-refractivity contribution is 0.0668. The number of nitrogens with one attached hydrogen (secondary N) is 1. The summed E-state index contributed by atoms with van der Waals surface area (Å²) < 4.78 is 26.4. The van der Waals surface area contributed by atoms with E-state index in [2.05, 4.69) is 39.1 Å². The molecule has 3 heterocycles. The molecule has 2 aromatic carbocycles. The van der Waals surface area contributed by atoms with Crippen molar-refractivity contribution in [2.24, 2.45) is 0 Å². The number of benzene rings is 2. The van der Waals surface area contributed by atoms with Crippen molar-refractivity contribution in [1.29, 1.82) is 0 Å². The van der Waals surface area contributed by atoms with E-state index in [9.17, 15) is 13.9 Å². The fourth-order valence-corrected chi connectivity index (χ4v) is 4.85. The monoisotopic (exact) mass is 467 g/mol. The summed E-state index contributed by atoms with van der Waals surface area (Å²) in [5.41, 5.74) is 4.99. The highest BCUT2D eigenvalue weighted by atomic mass is 35.5. The maximum atomic E-state index is 13.2. The first-order valence-corrected chi connectivity index (χ1v) is 11.4. The number of likely N-dealkylation sites (tertiary alicyclic amines) is 1. The Morgan fingerprint density at radius 1 is 1.09 bits per heavy atom. The summed E-state index contributed by atoms with van der Waals surface area (Å²) in [5, 5.41) is 11.1. The van der Waals surface area contributed by atoms with Crippen LogP contribution >= 0.6 is 11.6 Å². The van der Waals surface area contributed by atoms with E-state index in [1.165, 1.54) is 17.7 Å². The Labute approximate surface area is 195 Å². The Balaban J connectivity index is 1.45. The number of hydrogen-bond acceptors (Lipinski definition) is 3. The molecule has 0 bridgehead atoms. The third-order valence-corrected chi connectivity index (χ3v) is 6.49. The molecule has 5 rings (SSSR count). The molecule has 4 aromatic rings. The second-order valence-corrected chi connectivity index (χ2v) is 8.97. The highest BCUT2D eigenvalue weighted by Crippen LogP contribution is 2.37. The van der Waals surface area contributed by atoms with Crippen molar-refractivity contribution >= 4 is 22.6 Å². The number of hydrogen-bond donors (Lipinski definition) is 2. The van der Waals surface area contributed by atoms with Crippen LogP contribution in [0.1, 0.15) is 30.4 Å². The number of fused-ring (bicyclic) bond motifs is 1. The minimum Gasteiger partial charge on any atom is -0.392 e. The highest BCUT2D eigenvalue weighted by molar-refractivity contribution is 6.34. The molecule has 7 heteroatoms. The molecule has 0 spiro atoms. The molecule has 170 valence electrons. The summed E-state index contributed by atoms with van der Waals surface area (Å²) in [7, 11) is 0. The summed E-state index contributed by atoms with van der Waals surface area (Å²) in [6.07, 6.45) is 0.897. The molecule has 1 aliphatic rings. The molecule has 1 aliphatic heterocycles. The Kier molecular flexibility index (Phi) is 6.15. The lowest BCUT2D eigenvalue weighted by Crippen LogP contribution is -2.37. The molecule has 33 heavy (non-hydrogen) atoms. The molecule has 1 atom stereocenters. The summed E-state index contributed by atoms with van der Waals surface area (Å²) in [6, 6.07) is 16.6. The topological polar surface area (TPSA) is 52.1 Å². The SMILES string of the molecule is OC1CCCN(Cc2ccc(-c3cnc4[nH]c(Cl)c(-c5cccc(C(F)F)c5)c4c3)cc2)C1. The van der Waals surface area contributed by atoms with Crippen LogP contribution in [-0.4, -0.2) is 39.2 Å². The standard InChI is InChI=1S/C26H24ClF2N3O/c27-24-23(18-3-1-4-19(11-18)25(28)29)22-12-20(13-30-26(22)31-24)17-8-6-16(7-9-17)14-32-10-2-5-21(33)15-32/h1,3-4,6-9,11-13,21,25,33H,2,5,10,14-15H2,(H,30,31). The zero-order valence-corrected chi connectivity index (χ0v) is 18.7. The third kappa shape index (κ3) is 4.64. The van der Waals surface area contributed by atoms with Crippen LogP contribution in [-0.2, 0) is 6.54 Å². The molecule has 0 amide bonds. The van der Waals surface area contributed by atoms with Gasteiger partial charge in [-0.15, -0.1) is 0 Å². The number of rotatable bonds is 5. The van der Waals surface area contributed by atoms with Crippen molar-refractivity contribution < 1.29 is 13.9 Å². The van der Waals surface area contributed by atoms with Crippen LogP contribution in [0.15, 0.2) is 60.8 Å². The second-order valence-electron chi connectivity index (χ2n) is 8.59. The second kappa shape index (κ2) is 9.21. The summed E-state index contributed by atoms with van der Waals surface area (Å²) in [5.74, 6) is 0. The predicted molar refractivity (Wildman–Crippen MR) is 127 cm³/mol. The molecular formula is C26H24ClF2N3O. The summed E-state index contributed by atoms with van der Waals surface area (Å²) >= 11 is 6.45. The number of aliphatic hydroxyl groups excluding tert-OH is 1. The van der Waals surface area contributed by atoms with E-state index in [0.717, 1.165) is 42.4 Å². The van der Waals surface area contributed by atoms with Crippen LogP contribution in [0.25, 0.3) is 33.3 Å². The normalized spacial score (nSPS) is 17.2. The minimum atomic E-state index is -2.55. The van der Waals surface area contributed by atoms with E-state index in [1.54, 1.807) is 18.3 Å². The molecule has 1 saturated heterocycles. The van der Waals surface area contributed by atoms with Gasteiger partial charge in [0.15, 0.2) is 0 Å². The summed E-state index contributed by atoms with van der Waals surface area (Å²) in [6.45, 7) is 2.53. The van der Waals surface area contributed by atoms with Crippen LogP contribution in [0.4, 0.5) is 8.78 Å². The van der Waals surface area contributed by atoms with E-state index in [4.69, 9.17) is 11.6 Å². The highest BCUT2D eigenvalue weighted by Gasteiger charge is 2.18. The molecule has 1 fully saturated rings. The molecule has 0 radical (unpaired) electrons. The van der Waals surface area contributed by atoms with Crippen molar-refractivity contribution in [2.45, 2.75) is 31.9 Å². The van der Waals surface area contributed by atoms with E-state index < -0.39 is 6.43 Å². The first-order chi connectivity index (χ1) is 16.0. The summed E-state index contributed by atoms with van der Waals surface area (Å²) in [4.78, 5) is 9.85. The van der Waals surface area contributed by atoms with Crippen molar-refractivity contribution in [1.82, 2.24) is 14.9 Å². The number of nitrogens with zero attached hydrogens (tertiary/aromatic N) is 2. The Hall–Kier alpha value is -2.80. The van der Waals surface area contributed by atoms with Crippen molar-refractivity contribution in [3.05, 3.63) is 77.1 Å². The molecule has 0 saturated carbocycles. The van der Waals surface area contributed by atoms with Crippen LogP contribution in [0.5, 0.6) is 0 Å². The minimum absolute atomic E-state index is 0.0427. The molecule has 4 nitrogen and oxygen atoms in total. The fourth-order valence-electron chi connectivity index (χ4n) is 4.55. The average Bonchev–Trinajstić information content (AvgIpc) is 3.14. The van der Waals surface area contributed by atoms with Gasteiger partial charge in [0.2, 0.25) is 0 Å². The maximum absolute atomic E-state index is 13.2. The van der Waals surface area contributed by atoms with E-state index in [-0.39, 0.29) is 11.7 Å². The van der Waals surface area contributed by atoms with E-state index in [1.807, 2.05) is 6.07 Å². The fraction of sp³-hybridized carbons (Fsp3) is 0.269. The van der Waals surface area contributed by atoms with Crippen molar-refractivity contribution in [3.63, 3.8) is 0 Å². The molecule has 0 aliphatic carbocycles. The van der Waals surface area contributed by atoms with Crippen LogP contribution in [0.3, 0.4) is 0 Å². The Morgan fingerprint density at radius 2 is 1.91 bits per heavy atom. The number of aliphatic hydroxyl groups is 1. The van der Waals surface area contributed by atoms with Gasteiger partial charge in [0.25, 0.3) is 6.43 Å². The number of aromatic nitrogens is 2. The zero-order chi connectivity index (χ0) is 22.9. The lowest BCUT2D eigenvalue weighted by Gasteiger charge is -2.29. The van der Waals surface area contributed by atoms with Crippen LogP contribution in [0.2, 0.25) is 5.15 Å². The first kappa shape index (κ1) is 22.0. The van der Waals surface area contributed by atoms with Crippen LogP contribution in [0, 0.1) is 0 Å². The van der Waals surface area contributed by atoms with E-state index >= 15 is 0 Å². The van der Waals surface area contributed by atoms with Gasteiger partial charge in [-0.25, -0.2) is 13.8 Å². The Morgan fingerprint density at radius 3 is 2.67 bits per heavy atom. The van der Waals surface area contributed by atoms with Gasteiger partial charge in [0.1, 0.15) is 10.8 Å². The number of H-pyrrole nitrogens is 1. The number of halogens is 3. The molecular weight excluding hydrogens is 444 g/mol. The predicted octanol–water partition coefficient (Wildman–Crippen LogP) is 6.44. The van der Waals surface area contributed by atoms with Gasteiger partial charge in [-0.05, 0) is 48.2 Å². The molecule has 1 unspecified atom stereocenters. The lowest BCUT2D eigenvalue weighted by atomic mass is 10.00. The number of aromatic amines is 1. The van der Waals surface area contributed by atoms with Crippen molar-refractivity contribution in [2.75, 3.05) is 13.1 Å². The smallest absolute Gasteiger partial charge is 0.263 e. The number of pyridine rings is 1. The van der Waals surface area contributed by atoms with Gasteiger partial charge >= 0.3 is 0 Å². The first-order valence-electron chi connectivity index (χ1n) is 11.0. The zero-order valence-electron chi connectivity index (χ0n) is 17.9. The largest absolute Gasteiger partial charge is 0.392 e. The van der Waals surface area contributed by atoms with Gasteiger partial charge in [-0.2, -0.15) is 0 Å². The molecule has 2 N–H and O–H groups in total. The van der Waals surface area contributed by atoms with Gasteiger partial charge < -0.3 is 10.1 Å². The average molecular weight is 468 g/mol. The van der Waals surface area contributed by atoms with Gasteiger partial charge in [0.05, 0.1) is 6.10 Å². The van der Waals surface area contributed by atoms with E-state index in [0.29, 0.717) is 28.5 Å². The maximum Gasteiger partial charge on any atom is 0.263 e. The number of β-amino-alcohol motifs (C(OH)–C–C–N with tert-alkyl or cyclic N) is 1. The van der Waals surface area contributed by atoms with Crippen molar-refractivity contribution in [3.8, 4) is 22.3 Å². The van der Waals surface area contributed by atoms with Crippen LogP contribution < -0.4 is 0 Å². The molecule has 2 aromatic heterocycles. The Bertz CT molecular complexity index is 1270.